The van der Waals surface area contributed by atoms with E-state index in [0.29, 0.717) is 12.8 Å². The SMILES string of the molecule is CC(c1ccccn1)N(C)C(=O)CCc1ccnn1C. The Morgan fingerprint density at radius 2 is 2.15 bits per heavy atom. The first-order chi connectivity index (χ1) is 9.59. The lowest BCUT2D eigenvalue weighted by Gasteiger charge is -2.24. The Morgan fingerprint density at radius 3 is 2.75 bits per heavy atom. The van der Waals surface area contributed by atoms with E-state index in [2.05, 4.69) is 10.1 Å². The van der Waals surface area contributed by atoms with Crippen LogP contribution < -0.4 is 0 Å². The van der Waals surface area contributed by atoms with Gasteiger partial charge in [-0.2, -0.15) is 5.10 Å². The Labute approximate surface area is 119 Å². The van der Waals surface area contributed by atoms with Crippen molar-refractivity contribution >= 4 is 5.91 Å². The number of carbonyl (C=O) groups is 1. The molecule has 0 N–H and O–H groups in total. The Morgan fingerprint density at radius 1 is 1.35 bits per heavy atom. The van der Waals surface area contributed by atoms with Gasteiger partial charge in [-0.3, -0.25) is 14.5 Å². The van der Waals surface area contributed by atoms with Crippen molar-refractivity contribution in [3.05, 3.63) is 48.0 Å². The highest BCUT2D eigenvalue weighted by Crippen LogP contribution is 2.17. The molecule has 0 radical (unpaired) electrons. The summed E-state index contributed by atoms with van der Waals surface area (Å²) in [5.74, 6) is 0.115. The predicted octanol–water partition coefficient (Wildman–Crippen LogP) is 1.97. The lowest BCUT2D eigenvalue weighted by atomic mass is 10.1. The lowest BCUT2D eigenvalue weighted by molar-refractivity contribution is -0.131. The summed E-state index contributed by atoms with van der Waals surface area (Å²) in [6.45, 7) is 1.99. The lowest BCUT2D eigenvalue weighted by Crippen LogP contribution is -2.30. The van der Waals surface area contributed by atoms with Gasteiger partial charge in [-0.15, -0.1) is 0 Å². The number of aromatic nitrogens is 3. The molecule has 0 aliphatic rings. The van der Waals surface area contributed by atoms with Gasteiger partial charge in [0, 0.05) is 38.6 Å². The molecule has 1 atom stereocenters. The van der Waals surface area contributed by atoms with E-state index in [9.17, 15) is 4.79 Å². The fourth-order valence-electron chi connectivity index (χ4n) is 2.10. The van der Waals surface area contributed by atoms with Gasteiger partial charge < -0.3 is 4.90 Å². The van der Waals surface area contributed by atoms with Crippen LogP contribution in [0.15, 0.2) is 36.7 Å². The van der Waals surface area contributed by atoms with Crippen LogP contribution in [-0.4, -0.2) is 32.6 Å². The molecule has 0 bridgehead atoms. The first kappa shape index (κ1) is 14.2. The van der Waals surface area contributed by atoms with E-state index in [0.717, 1.165) is 11.4 Å². The Bertz CT molecular complexity index is 564. The summed E-state index contributed by atoms with van der Waals surface area (Å²) in [5, 5.41) is 4.10. The van der Waals surface area contributed by atoms with Gasteiger partial charge in [0.15, 0.2) is 0 Å². The van der Waals surface area contributed by atoms with Gasteiger partial charge in [-0.25, -0.2) is 0 Å². The molecule has 1 unspecified atom stereocenters. The van der Waals surface area contributed by atoms with Gasteiger partial charge >= 0.3 is 0 Å². The van der Waals surface area contributed by atoms with Crippen molar-refractivity contribution in [1.29, 1.82) is 0 Å². The van der Waals surface area contributed by atoms with Crippen molar-refractivity contribution in [1.82, 2.24) is 19.7 Å². The summed E-state index contributed by atoms with van der Waals surface area (Å²) >= 11 is 0. The first-order valence-electron chi connectivity index (χ1n) is 6.73. The summed E-state index contributed by atoms with van der Waals surface area (Å²) in [7, 11) is 3.71. The van der Waals surface area contributed by atoms with Crippen molar-refractivity contribution < 1.29 is 4.79 Å². The van der Waals surface area contributed by atoms with Crippen LogP contribution >= 0.6 is 0 Å². The molecule has 0 spiro atoms. The molecule has 0 aromatic carbocycles. The molecule has 2 aromatic rings. The Kier molecular flexibility index (Phi) is 4.50. The molecule has 0 fully saturated rings. The third kappa shape index (κ3) is 3.23. The van der Waals surface area contributed by atoms with Gasteiger partial charge in [-0.1, -0.05) is 6.07 Å². The third-order valence-electron chi connectivity index (χ3n) is 3.61. The highest BCUT2D eigenvalue weighted by atomic mass is 16.2. The molecule has 20 heavy (non-hydrogen) atoms. The molecular formula is C15H20N4O. The minimum Gasteiger partial charge on any atom is -0.337 e. The van der Waals surface area contributed by atoms with Crippen molar-refractivity contribution in [2.75, 3.05) is 7.05 Å². The monoisotopic (exact) mass is 272 g/mol. The average Bonchev–Trinajstić information content (AvgIpc) is 2.89. The number of rotatable bonds is 5. The maximum Gasteiger partial charge on any atom is 0.223 e. The van der Waals surface area contributed by atoms with E-state index in [1.807, 2.05) is 45.3 Å². The largest absolute Gasteiger partial charge is 0.337 e. The standard InChI is InChI=1S/C15H20N4O/c1-12(14-6-4-5-10-16-14)18(2)15(20)8-7-13-9-11-17-19(13)3/h4-6,9-12H,7-8H2,1-3H3. The molecule has 5 nitrogen and oxygen atoms in total. The number of nitrogens with zero attached hydrogens (tertiary/aromatic N) is 4. The Hall–Kier alpha value is -2.17. The zero-order valence-corrected chi connectivity index (χ0v) is 12.2. The molecule has 2 aromatic heterocycles. The number of amides is 1. The highest BCUT2D eigenvalue weighted by Gasteiger charge is 2.18. The minimum atomic E-state index is -0.0183. The fraction of sp³-hybridized carbons (Fsp3) is 0.400. The Balaban J connectivity index is 1.93. The summed E-state index contributed by atoms with van der Waals surface area (Å²) in [6, 6.07) is 7.67. The van der Waals surface area contributed by atoms with Gasteiger partial charge in [0.05, 0.1) is 11.7 Å². The fourth-order valence-corrected chi connectivity index (χ4v) is 2.10. The molecule has 2 rings (SSSR count). The van der Waals surface area contributed by atoms with Crippen molar-refractivity contribution in [2.45, 2.75) is 25.8 Å². The zero-order chi connectivity index (χ0) is 14.5. The van der Waals surface area contributed by atoms with Crippen molar-refractivity contribution in [2.24, 2.45) is 7.05 Å². The van der Waals surface area contributed by atoms with Crippen LogP contribution in [-0.2, 0) is 18.3 Å². The zero-order valence-electron chi connectivity index (χ0n) is 12.2. The van der Waals surface area contributed by atoms with E-state index >= 15 is 0 Å². The van der Waals surface area contributed by atoms with E-state index in [1.54, 1.807) is 22.0 Å². The van der Waals surface area contributed by atoms with Crippen molar-refractivity contribution in [3.8, 4) is 0 Å². The molecule has 0 aliphatic carbocycles. The van der Waals surface area contributed by atoms with E-state index < -0.39 is 0 Å². The number of pyridine rings is 1. The van der Waals surface area contributed by atoms with E-state index in [1.165, 1.54) is 0 Å². The molecule has 0 aliphatic heterocycles. The number of carbonyl (C=O) groups excluding carboxylic acids is 1. The first-order valence-corrected chi connectivity index (χ1v) is 6.73. The van der Waals surface area contributed by atoms with Gasteiger partial charge in [0.2, 0.25) is 5.91 Å². The number of hydrogen-bond donors (Lipinski definition) is 0. The smallest absolute Gasteiger partial charge is 0.223 e. The molecular weight excluding hydrogens is 252 g/mol. The molecule has 2 heterocycles. The maximum atomic E-state index is 12.2. The summed E-state index contributed by atoms with van der Waals surface area (Å²) in [4.78, 5) is 18.3. The van der Waals surface area contributed by atoms with E-state index in [-0.39, 0.29) is 11.9 Å². The van der Waals surface area contributed by atoms with Gasteiger partial charge in [0.25, 0.3) is 0 Å². The normalized spacial score (nSPS) is 12.2. The van der Waals surface area contributed by atoms with E-state index in [4.69, 9.17) is 0 Å². The summed E-state index contributed by atoms with van der Waals surface area (Å²) in [6.07, 6.45) is 4.68. The van der Waals surface area contributed by atoms with Gasteiger partial charge in [0.1, 0.15) is 0 Å². The van der Waals surface area contributed by atoms with Crippen LogP contribution in [0.5, 0.6) is 0 Å². The van der Waals surface area contributed by atoms with Crippen LogP contribution in [0, 0.1) is 0 Å². The van der Waals surface area contributed by atoms with Crippen LogP contribution in [0.2, 0.25) is 0 Å². The second-order valence-electron chi connectivity index (χ2n) is 4.88. The maximum absolute atomic E-state index is 12.2. The molecule has 0 saturated heterocycles. The van der Waals surface area contributed by atoms with Crippen LogP contribution in [0.1, 0.15) is 30.8 Å². The average molecular weight is 272 g/mol. The summed E-state index contributed by atoms with van der Waals surface area (Å²) < 4.78 is 1.80. The van der Waals surface area contributed by atoms with Crippen LogP contribution in [0.25, 0.3) is 0 Å². The number of hydrogen-bond acceptors (Lipinski definition) is 3. The molecule has 0 saturated carbocycles. The minimum absolute atomic E-state index is 0.0183. The number of aryl methyl sites for hydroxylation is 2. The highest BCUT2D eigenvalue weighted by molar-refractivity contribution is 5.76. The second-order valence-corrected chi connectivity index (χ2v) is 4.88. The second kappa shape index (κ2) is 6.32. The summed E-state index contributed by atoms with van der Waals surface area (Å²) in [5.41, 5.74) is 1.97. The predicted molar refractivity (Wildman–Crippen MR) is 77.0 cm³/mol. The van der Waals surface area contributed by atoms with Crippen LogP contribution in [0.4, 0.5) is 0 Å². The topological polar surface area (TPSA) is 51.0 Å². The van der Waals surface area contributed by atoms with Crippen molar-refractivity contribution in [3.63, 3.8) is 0 Å². The molecule has 106 valence electrons. The molecule has 5 heteroatoms. The van der Waals surface area contributed by atoms with Gasteiger partial charge in [-0.05, 0) is 31.5 Å². The quantitative estimate of drug-likeness (QED) is 0.836. The molecule has 1 amide bonds. The third-order valence-corrected chi connectivity index (χ3v) is 3.61. The van der Waals surface area contributed by atoms with Crippen LogP contribution in [0.3, 0.4) is 0 Å².